The van der Waals surface area contributed by atoms with E-state index in [9.17, 15) is 4.79 Å². The van der Waals surface area contributed by atoms with Crippen LogP contribution < -0.4 is 0 Å². The van der Waals surface area contributed by atoms with E-state index in [2.05, 4.69) is 6.92 Å². The maximum atomic E-state index is 10.5. The van der Waals surface area contributed by atoms with Gasteiger partial charge >= 0.3 is 5.97 Å². The van der Waals surface area contributed by atoms with Crippen molar-refractivity contribution in [2.75, 3.05) is 13.1 Å². The SMILES string of the molecule is CC[C@H]1CN(Cl)CC[C@H]1CCC(=O)O. The maximum Gasteiger partial charge on any atom is 0.303 e. The predicted molar refractivity (Wildman–Crippen MR) is 56.2 cm³/mol. The zero-order valence-corrected chi connectivity index (χ0v) is 9.33. The number of nitrogens with zero attached hydrogens (tertiary/aromatic N) is 1. The third-order valence-electron chi connectivity index (χ3n) is 3.10. The molecule has 1 rings (SSSR count). The molecule has 1 aliphatic heterocycles. The number of piperidine rings is 1. The summed E-state index contributed by atoms with van der Waals surface area (Å²) in [6.45, 7) is 3.94. The third kappa shape index (κ3) is 3.46. The van der Waals surface area contributed by atoms with Gasteiger partial charge in [-0.1, -0.05) is 13.3 Å². The molecule has 1 fully saturated rings. The molecule has 0 radical (unpaired) electrons. The molecule has 0 aromatic carbocycles. The van der Waals surface area contributed by atoms with Crippen molar-refractivity contribution in [3.63, 3.8) is 0 Å². The van der Waals surface area contributed by atoms with Gasteiger partial charge in [-0.2, -0.15) is 0 Å². The molecule has 82 valence electrons. The Morgan fingerprint density at radius 2 is 2.29 bits per heavy atom. The van der Waals surface area contributed by atoms with Gasteiger partial charge in [-0.3, -0.25) is 4.79 Å². The molecule has 0 spiro atoms. The Morgan fingerprint density at radius 1 is 1.57 bits per heavy atom. The molecule has 0 amide bonds. The molecule has 0 bridgehead atoms. The molecule has 1 N–H and O–H groups in total. The summed E-state index contributed by atoms with van der Waals surface area (Å²) in [5, 5.41) is 8.62. The molecule has 4 heteroatoms. The number of carboxylic acids is 1. The molecule has 3 nitrogen and oxygen atoms in total. The van der Waals surface area contributed by atoms with Crippen LogP contribution in [-0.2, 0) is 4.79 Å². The summed E-state index contributed by atoms with van der Waals surface area (Å²) in [4.78, 5) is 10.5. The molecule has 0 saturated carbocycles. The highest BCUT2D eigenvalue weighted by Gasteiger charge is 2.27. The van der Waals surface area contributed by atoms with E-state index in [0.29, 0.717) is 18.3 Å². The molecule has 1 heterocycles. The highest BCUT2D eigenvalue weighted by Crippen LogP contribution is 2.30. The summed E-state index contributed by atoms with van der Waals surface area (Å²) in [5.74, 6) is 0.430. The molecule has 14 heavy (non-hydrogen) atoms. The fourth-order valence-corrected chi connectivity index (χ4v) is 2.46. The van der Waals surface area contributed by atoms with Gasteiger partial charge in [-0.05, 0) is 36.5 Å². The van der Waals surface area contributed by atoms with Gasteiger partial charge in [-0.15, -0.1) is 0 Å². The van der Waals surface area contributed by atoms with Gasteiger partial charge in [0.25, 0.3) is 0 Å². The van der Waals surface area contributed by atoms with Crippen LogP contribution in [0.4, 0.5) is 0 Å². The van der Waals surface area contributed by atoms with Crippen LogP contribution >= 0.6 is 11.8 Å². The normalized spacial score (nSPS) is 29.0. The summed E-state index contributed by atoms with van der Waals surface area (Å²) in [7, 11) is 0. The van der Waals surface area contributed by atoms with Crippen LogP contribution in [-0.4, -0.2) is 28.6 Å². The van der Waals surface area contributed by atoms with Gasteiger partial charge in [0, 0.05) is 19.5 Å². The molecule has 2 atom stereocenters. The van der Waals surface area contributed by atoms with Crippen LogP contribution in [0.2, 0.25) is 0 Å². The van der Waals surface area contributed by atoms with Gasteiger partial charge < -0.3 is 5.11 Å². The number of hydrogen-bond acceptors (Lipinski definition) is 2. The van der Waals surface area contributed by atoms with E-state index in [1.165, 1.54) is 0 Å². The molecular weight excluding hydrogens is 202 g/mol. The van der Waals surface area contributed by atoms with Crippen LogP contribution in [0.15, 0.2) is 0 Å². The number of hydrogen-bond donors (Lipinski definition) is 1. The summed E-state index contributed by atoms with van der Waals surface area (Å²) in [6.07, 6.45) is 3.23. The standard InChI is InChI=1S/C10H18ClNO2/c1-2-8-7-12(11)6-5-9(8)3-4-10(13)14/h8-9H,2-7H2,1H3,(H,13,14)/t8-,9+/m0/s1. The Hall–Kier alpha value is -0.280. The Balaban J connectivity index is 2.38. The second-order valence-corrected chi connectivity index (χ2v) is 4.50. The highest BCUT2D eigenvalue weighted by molar-refractivity contribution is 6.13. The van der Waals surface area contributed by atoms with E-state index in [1.807, 2.05) is 4.42 Å². The third-order valence-corrected chi connectivity index (χ3v) is 3.40. The lowest BCUT2D eigenvalue weighted by atomic mass is 9.81. The first kappa shape index (κ1) is 11.8. The second kappa shape index (κ2) is 5.56. The minimum absolute atomic E-state index is 0.295. The van der Waals surface area contributed by atoms with Gasteiger partial charge in [-0.25, -0.2) is 4.42 Å². The van der Waals surface area contributed by atoms with Crippen LogP contribution in [0.1, 0.15) is 32.6 Å². The molecule has 0 aliphatic carbocycles. The number of carboxylic acid groups (broad SMARTS) is 1. The van der Waals surface area contributed by atoms with Gasteiger partial charge in [0.1, 0.15) is 0 Å². The smallest absolute Gasteiger partial charge is 0.303 e. The molecule has 0 unspecified atom stereocenters. The Labute approximate surface area is 90.1 Å². The zero-order chi connectivity index (χ0) is 10.6. The number of aliphatic carboxylic acids is 1. The average Bonchev–Trinajstić information content (AvgIpc) is 2.15. The van der Waals surface area contributed by atoms with Crippen molar-refractivity contribution in [2.24, 2.45) is 11.8 Å². The van der Waals surface area contributed by atoms with E-state index in [0.717, 1.165) is 32.4 Å². The summed E-state index contributed by atoms with van der Waals surface area (Å²) in [5.41, 5.74) is 0. The first-order chi connectivity index (χ1) is 6.63. The fraction of sp³-hybridized carbons (Fsp3) is 0.900. The van der Waals surface area contributed by atoms with E-state index >= 15 is 0 Å². The Morgan fingerprint density at radius 3 is 2.86 bits per heavy atom. The summed E-state index contributed by atoms with van der Waals surface area (Å²) < 4.78 is 1.82. The van der Waals surface area contributed by atoms with E-state index in [-0.39, 0.29) is 0 Å². The summed E-state index contributed by atoms with van der Waals surface area (Å²) >= 11 is 5.94. The fourth-order valence-electron chi connectivity index (χ4n) is 2.19. The molecule has 0 aromatic heterocycles. The second-order valence-electron chi connectivity index (χ2n) is 4.02. The van der Waals surface area contributed by atoms with Crippen molar-refractivity contribution >= 4 is 17.7 Å². The van der Waals surface area contributed by atoms with Crippen LogP contribution in [0.25, 0.3) is 0 Å². The number of halogens is 1. The maximum absolute atomic E-state index is 10.5. The van der Waals surface area contributed by atoms with Crippen LogP contribution in [0, 0.1) is 11.8 Å². The highest BCUT2D eigenvalue weighted by atomic mass is 35.5. The van der Waals surface area contributed by atoms with Crippen molar-refractivity contribution in [1.82, 2.24) is 4.42 Å². The average molecular weight is 220 g/mol. The van der Waals surface area contributed by atoms with Gasteiger partial charge in [0.05, 0.1) is 0 Å². The van der Waals surface area contributed by atoms with Crippen molar-refractivity contribution in [3.05, 3.63) is 0 Å². The molecule has 1 saturated heterocycles. The number of rotatable bonds is 4. The lowest BCUT2D eigenvalue weighted by molar-refractivity contribution is -0.137. The Kier molecular flexibility index (Phi) is 4.69. The van der Waals surface area contributed by atoms with Crippen molar-refractivity contribution in [2.45, 2.75) is 32.6 Å². The first-order valence-corrected chi connectivity index (χ1v) is 5.59. The quantitative estimate of drug-likeness (QED) is 0.738. The topological polar surface area (TPSA) is 40.5 Å². The minimum atomic E-state index is -0.687. The van der Waals surface area contributed by atoms with Gasteiger partial charge in [0.2, 0.25) is 0 Å². The van der Waals surface area contributed by atoms with Crippen LogP contribution in [0.3, 0.4) is 0 Å². The Bertz CT molecular complexity index is 199. The van der Waals surface area contributed by atoms with Crippen molar-refractivity contribution < 1.29 is 9.90 Å². The predicted octanol–water partition coefficient (Wildman–Crippen LogP) is 2.35. The largest absolute Gasteiger partial charge is 0.481 e. The van der Waals surface area contributed by atoms with Crippen molar-refractivity contribution in [1.29, 1.82) is 0 Å². The van der Waals surface area contributed by atoms with Gasteiger partial charge in [0.15, 0.2) is 0 Å². The van der Waals surface area contributed by atoms with E-state index in [4.69, 9.17) is 16.9 Å². The lowest BCUT2D eigenvalue weighted by Crippen LogP contribution is -2.35. The lowest BCUT2D eigenvalue weighted by Gasteiger charge is -2.34. The molecule has 0 aromatic rings. The monoisotopic (exact) mass is 219 g/mol. The minimum Gasteiger partial charge on any atom is -0.481 e. The zero-order valence-electron chi connectivity index (χ0n) is 8.58. The molecular formula is C10H18ClNO2. The van der Waals surface area contributed by atoms with Crippen molar-refractivity contribution in [3.8, 4) is 0 Å². The first-order valence-electron chi connectivity index (χ1n) is 5.26. The summed E-state index contributed by atoms with van der Waals surface area (Å²) in [6, 6.07) is 0. The number of carbonyl (C=O) groups is 1. The van der Waals surface area contributed by atoms with Crippen LogP contribution in [0.5, 0.6) is 0 Å². The van der Waals surface area contributed by atoms with E-state index < -0.39 is 5.97 Å². The molecule has 1 aliphatic rings. The van der Waals surface area contributed by atoms with E-state index in [1.54, 1.807) is 0 Å².